The molecule has 0 amide bonds. The summed E-state index contributed by atoms with van der Waals surface area (Å²) in [6, 6.07) is 21.9. The van der Waals surface area contributed by atoms with Crippen LogP contribution in [0.2, 0.25) is 0 Å². The summed E-state index contributed by atoms with van der Waals surface area (Å²) in [5, 5.41) is 101. The number of hydrogen-bond donors (Lipinski definition) is 12. The van der Waals surface area contributed by atoms with Crippen LogP contribution in [-0.2, 0) is 70.1 Å². The van der Waals surface area contributed by atoms with E-state index in [0.29, 0.717) is 108 Å². The molecule has 142 heavy (non-hydrogen) atoms. The Kier molecular flexibility index (Phi) is 34.9. The van der Waals surface area contributed by atoms with E-state index in [1.165, 1.54) is 67.9 Å². The minimum absolute atomic E-state index is 0.0143. The van der Waals surface area contributed by atoms with Crippen LogP contribution in [0, 0.1) is 90.2 Å². The van der Waals surface area contributed by atoms with Gasteiger partial charge < -0.3 is 67.7 Å². The SMILES string of the molecule is CC(C)c1ncccc1CNc1ncc(C#N)c(N[C@H]2C[C@@H](O)C2(C)C)n1.CC(F)(F)COc1ncccc1CNc1ncc(C#N)c(N[C@H]2C[C@@H](O)C2(C)C)n1.CC(F)(F)c1ccncc1CCc1ncc(C(F)(F)F)c(N[C@H]2C[C@@H](O)C2(C)C)n1.CC1(C)[C@@H](CO)C[C@@H]1Nc1nc(NCc2ccccc2C(F)(F)F)ncc1C#N.CCc1ncncc1CNc1ncc(C#N)c(C[C@H]2C[C@@H](C)C2(C)C)n1. The molecule has 9 heterocycles. The van der Waals surface area contributed by atoms with Crippen LogP contribution in [0.25, 0.3) is 0 Å². The van der Waals surface area contributed by atoms with Gasteiger partial charge in [-0.15, -0.1) is 0 Å². The fourth-order valence-corrected chi connectivity index (χ4v) is 16.9. The molecular weight excluding hydrogens is 1850 g/mol. The Balaban J connectivity index is 0.000000170. The highest BCUT2D eigenvalue weighted by molar-refractivity contribution is 5.58. The number of nitrogens with one attached hydrogen (secondary N) is 8. The van der Waals surface area contributed by atoms with Crippen molar-refractivity contribution in [3.05, 3.63) is 213 Å². The second-order valence-electron chi connectivity index (χ2n) is 39.6. The maximum absolute atomic E-state index is 13.8. The molecule has 0 unspecified atom stereocenters. The van der Waals surface area contributed by atoms with E-state index < -0.39 is 59.6 Å². The van der Waals surface area contributed by atoms with Crippen molar-refractivity contribution in [1.82, 2.24) is 74.8 Å². The zero-order valence-corrected chi connectivity index (χ0v) is 82.0. The van der Waals surface area contributed by atoms with E-state index >= 15 is 0 Å². The van der Waals surface area contributed by atoms with E-state index in [4.69, 9.17) is 4.74 Å². The molecule has 756 valence electrons. The molecule has 0 aliphatic heterocycles. The Morgan fingerprint density at radius 3 is 1.35 bits per heavy atom. The Morgan fingerprint density at radius 1 is 0.437 bits per heavy atom. The van der Waals surface area contributed by atoms with Crippen molar-refractivity contribution in [2.45, 2.75) is 267 Å². The first-order valence-electron chi connectivity index (χ1n) is 46.6. The van der Waals surface area contributed by atoms with Crippen LogP contribution in [0.5, 0.6) is 5.88 Å². The van der Waals surface area contributed by atoms with Gasteiger partial charge in [0.25, 0.3) is 11.8 Å². The maximum atomic E-state index is 13.8. The number of aliphatic hydroxyl groups excluding tert-OH is 4. The van der Waals surface area contributed by atoms with Gasteiger partial charge in [0.1, 0.15) is 82.0 Å². The normalized spacial score (nSPS) is 20.6. The van der Waals surface area contributed by atoms with Gasteiger partial charge in [0.15, 0.2) is 6.61 Å². The molecular formula is C100H121F10N27O5. The van der Waals surface area contributed by atoms with Gasteiger partial charge in [-0.1, -0.05) is 127 Å². The smallest absolute Gasteiger partial charge is 0.421 e. The minimum Gasteiger partial charge on any atom is -0.471 e. The fourth-order valence-electron chi connectivity index (χ4n) is 16.9. The molecule has 5 aliphatic rings. The van der Waals surface area contributed by atoms with Crippen molar-refractivity contribution < 1.29 is 69.1 Å². The Morgan fingerprint density at radius 2 is 0.894 bits per heavy atom. The predicted molar refractivity (Wildman–Crippen MR) is 513 cm³/mol. The molecule has 10 aromatic rings. The van der Waals surface area contributed by atoms with Gasteiger partial charge in [0, 0.05) is 159 Å². The van der Waals surface area contributed by atoms with Crippen molar-refractivity contribution in [3.63, 3.8) is 0 Å². The number of ether oxygens (including phenoxy) is 1. The lowest BCUT2D eigenvalue weighted by Crippen LogP contribution is -2.57. The monoisotopic (exact) mass is 1970 g/mol. The second kappa shape index (κ2) is 45.6. The molecule has 0 radical (unpaired) electrons. The number of rotatable bonds is 32. The lowest BCUT2D eigenvalue weighted by atomic mass is 9.54. The highest BCUT2D eigenvalue weighted by Crippen LogP contribution is 2.53. The van der Waals surface area contributed by atoms with Crippen LogP contribution >= 0.6 is 0 Å². The first-order valence-corrected chi connectivity index (χ1v) is 46.6. The van der Waals surface area contributed by atoms with Crippen molar-refractivity contribution in [3.8, 4) is 30.2 Å². The average Bonchev–Trinajstić information content (AvgIpc) is 0.764. The Labute approximate surface area is 818 Å². The fraction of sp³-hybridized carbons (Fsp3) is 0.510. The summed E-state index contributed by atoms with van der Waals surface area (Å²) in [5.74, 6) is -1.89. The molecule has 9 aromatic heterocycles. The van der Waals surface area contributed by atoms with Crippen LogP contribution in [0.15, 0.2) is 123 Å². The standard InChI is InChI=1S/C20H23F5N4O.C20H22F3N5O.C20H24F2N6O2.C20H26N6O.C20H26N6/c1-18(2)14(8-15(18)30)28-17-13(20(23,24)25)10-27-16(29-17)5-4-11-9-26-7-6-12(11)19(3,21)22;1-19(2)14(11-29)7-16(19)27-17-13(8-24)10-26-18(28-17)25-9-12-5-3-4-6-15(12)20(21,22)23;1-19(2)14(7-15(19)29)27-16-13(8-23)10-26-18(28-16)25-9-12-5-4-6-24-17(12)30-11-20(3,21)22;1-12(2)17-13(6-5-7-22-17)10-23-19-24-11-14(9-21)18(26-19)25-15-8-16(27)20(15,3)4;1-5-17-15(9-22-12-25-17)11-24-19-23-10-14(8-21)18(26-19)7-16-6-13(2)20(16,3)4/h6-7,9-10,14-15,30H,4-5,8H2,1-3H3,(H,27,28,29);3-6,10,14,16,29H,7,9,11H2,1-2H3,(H2,25,26,27,28);4-6,10,14-15,29H,7,9,11H2,1-3H3,(H2,25,26,27,28);5-7,11-12,15-16,27H,8,10H2,1-4H3,(H2,23,24,25,26);9-10,12-13,16H,5-7,11H2,1-4H3,(H,23,24,26)/t14-,15+;14-,16+;14-,15+;15-,16+;13-,16-/m01001/s1. The van der Waals surface area contributed by atoms with Gasteiger partial charge in [0.05, 0.1) is 59.9 Å². The molecule has 0 spiro atoms. The first kappa shape index (κ1) is 109. The molecule has 42 heteroatoms. The second-order valence-corrected chi connectivity index (χ2v) is 39.6. The van der Waals surface area contributed by atoms with E-state index in [-0.39, 0.29) is 142 Å². The molecule has 5 aliphatic carbocycles. The number of nitriles is 4. The van der Waals surface area contributed by atoms with Crippen LogP contribution in [-0.4, -0.2) is 157 Å². The quantitative estimate of drug-likeness (QED) is 0.0174. The molecule has 0 saturated heterocycles. The van der Waals surface area contributed by atoms with E-state index in [1.807, 2.05) is 72.0 Å². The molecule has 12 N–H and O–H groups in total. The third-order valence-corrected chi connectivity index (χ3v) is 27.9. The van der Waals surface area contributed by atoms with Gasteiger partial charge in [0.2, 0.25) is 29.7 Å². The summed E-state index contributed by atoms with van der Waals surface area (Å²) >= 11 is 0. The zero-order chi connectivity index (χ0) is 104. The summed E-state index contributed by atoms with van der Waals surface area (Å²) in [5.41, 5.74) is 4.46. The molecule has 32 nitrogen and oxygen atoms in total. The van der Waals surface area contributed by atoms with Crippen LogP contribution < -0.4 is 47.3 Å². The summed E-state index contributed by atoms with van der Waals surface area (Å²) in [4.78, 5) is 63.0. The lowest BCUT2D eigenvalue weighted by molar-refractivity contribution is -0.138. The highest BCUT2D eigenvalue weighted by Gasteiger charge is 2.52. The van der Waals surface area contributed by atoms with Gasteiger partial charge >= 0.3 is 12.4 Å². The van der Waals surface area contributed by atoms with Crippen molar-refractivity contribution in [2.24, 2.45) is 44.8 Å². The summed E-state index contributed by atoms with van der Waals surface area (Å²) in [6.07, 6.45) is 10.6. The summed E-state index contributed by atoms with van der Waals surface area (Å²) in [7, 11) is 0. The van der Waals surface area contributed by atoms with Crippen LogP contribution in [0.4, 0.5) is 91.0 Å². The number of halogens is 10. The molecule has 5 fully saturated rings. The molecule has 5 saturated carbocycles. The zero-order valence-electron chi connectivity index (χ0n) is 82.0. The predicted octanol–water partition coefficient (Wildman–Crippen LogP) is 17.7. The Hall–Kier alpha value is -13.6. The molecule has 1 aromatic carbocycles. The van der Waals surface area contributed by atoms with E-state index in [2.05, 4.69) is 171 Å². The third-order valence-electron chi connectivity index (χ3n) is 27.9. The average molecular weight is 1970 g/mol. The largest absolute Gasteiger partial charge is 0.471 e. The van der Waals surface area contributed by atoms with Crippen LogP contribution in [0.3, 0.4) is 0 Å². The maximum Gasteiger partial charge on any atom is 0.421 e. The number of alkyl halides is 10. The highest BCUT2D eigenvalue weighted by atomic mass is 19.4. The number of aryl methyl sites for hydroxylation is 3. The topological polar surface area (TPSA) is 475 Å². The number of aliphatic hydroxyl groups is 4. The van der Waals surface area contributed by atoms with E-state index in [0.717, 1.165) is 67.4 Å². The molecule has 15 rings (SSSR count). The van der Waals surface area contributed by atoms with E-state index in [9.17, 15) is 85.4 Å². The van der Waals surface area contributed by atoms with Crippen molar-refractivity contribution >= 4 is 47.1 Å². The molecule has 0 bridgehead atoms. The Bertz CT molecular complexity index is 6170. The molecule has 10 atom stereocenters. The van der Waals surface area contributed by atoms with Gasteiger partial charge in [-0.2, -0.15) is 62.3 Å². The first-order chi connectivity index (χ1) is 66.8. The summed E-state index contributed by atoms with van der Waals surface area (Å²) < 4.78 is 138. The van der Waals surface area contributed by atoms with Gasteiger partial charge in [-0.05, 0) is 127 Å². The number of hydrogen-bond acceptors (Lipinski definition) is 32. The number of aromatic nitrogens is 15. The van der Waals surface area contributed by atoms with Crippen molar-refractivity contribution in [2.75, 3.05) is 55.7 Å². The van der Waals surface area contributed by atoms with Crippen molar-refractivity contribution in [1.29, 1.82) is 21.0 Å². The number of benzene rings is 1. The summed E-state index contributed by atoms with van der Waals surface area (Å²) in [6.45, 7) is 30.7. The van der Waals surface area contributed by atoms with Crippen LogP contribution in [0.1, 0.15) is 238 Å². The number of anilines is 8. The number of pyridine rings is 3. The van der Waals surface area contributed by atoms with E-state index in [1.54, 1.807) is 44.7 Å². The number of nitrogens with zero attached hydrogens (tertiary/aromatic N) is 19. The lowest BCUT2D eigenvalue weighted by Gasteiger charge is -2.52. The third kappa shape index (κ3) is 27.0. The minimum atomic E-state index is -4.66. The van der Waals surface area contributed by atoms with Gasteiger partial charge in [-0.25, -0.2) is 67.4 Å². The van der Waals surface area contributed by atoms with Gasteiger partial charge in [-0.3, -0.25) is 9.97 Å².